The molecule has 0 saturated carbocycles. The average Bonchev–Trinajstić information content (AvgIpc) is 2.93. The summed E-state index contributed by atoms with van der Waals surface area (Å²) in [6.07, 6.45) is 8.64. The van der Waals surface area contributed by atoms with Crippen LogP contribution < -0.4 is 24.8 Å². The summed E-state index contributed by atoms with van der Waals surface area (Å²) in [4.78, 5) is 4.55. The third-order valence-corrected chi connectivity index (χ3v) is 5.46. The summed E-state index contributed by atoms with van der Waals surface area (Å²) >= 11 is 3.39. The molecule has 0 bridgehead atoms. The molecule has 1 unspecified atom stereocenters. The van der Waals surface area contributed by atoms with Gasteiger partial charge in [-0.25, -0.2) is 0 Å². The maximum Gasteiger partial charge on any atom is -1.00 e. The predicted molar refractivity (Wildman–Crippen MR) is 83.5 cm³/mol. The first-order valence-electron chi connectivity index (χ1n) is 7.12. The Morgan fingerprint density at radius 1 is 0.957 bits per heavy atom. The second-order valence-electron chi connectivity index (χ2n) is 5.93. The van der Waals surface area contributed by atoms with Crippen LogP contribution in [0.15, 0.2) is 73.0 Å². The summed E-state index contributed by atoms with van der Waals surface area (Å²) in [6, 6.07) is 16.6. The molecule has 0 amide bonds. The summed E-state index contributed by atoms with van der Waals surface area (Å²) in [7, 11) is 0. The molecule has 0 N–H and O–H groups in total. The van der Waals surface area contributed by atoms with Crippen LogP contribution in [-0.4, -0.2) is 4.98 Å². The quantitative estimate of drug-likeness (QED) is 0.644. The number of halogens is 2. The van der Waals surface area contributed by atoms with Gasteiger partial charge in [-0.3, -0.25) is 0 Å². The Hall–Kier alpha value is -1.04. The number of nitrogens with zero attached hydrogens (tertiary/aromatic N) is 1. The number of hydrogen-bond acceptors (Lipinski definition) is 1. The van der Waals surface area contributed by atoms with E-state index in [1.54, 1.807) is 0 Å². The maximum atomic E-state index is 4.55. The van der Waals surface area contributed by atoms with E-state index in [1.165, 1.54) is 11.1 Å². The van der Waals surface area contributed by atoms with E-state index < -0.39 is 0 Å². The number of rotatable bonds is 3. The molecule has 1 aromatic carbocycles. The molecule has 2 aromatic rings. The van der Waals surface area contributed by atoms with Gasteiger partial charge in [0.15, 0.2) is 0 Å². The molecule has 0 spiro atoms. The zero-order valence-electron chi connectivity index (χ0n) is 13.0. The van der Waals surface area contributed by atoms with E-state index in [2.05, 4.69) is 83.7 Å². The number of allylic oxidation sites excluding steroid dienone is 4. The van der Waals surface area contributed by atoms with Crippen molar-refractivity contribution in [3.8, 4) is 0 Å². The number of benzene rings is 1. The normalized spacial score (nSPS) is 19.4. The van der Waals surface area contributed by atoms with Crippen LogP contribution in [0.25, 0.3) is 5.57 Å². The molecule has 119 valence electrons. The van der Waals surface area contributed by atoms with Gasteiger partial charge in [-0.2, -0.15) is 0 Å². The van der Waals surface area contributed by atoms with Gasteiger partial charge in [-0.15, -0.1) is 0 Å². The van der Waals surface area contributed by atoms with Crippen LogP contribution in [0.4, 0.5) is 0 Å². The third-order valence-electron chi connectivity index (χ3n) is 4.27. The van der Waals surface area contributed by atoms with E-state index >= 15 is 0 Å². The van der Waals surface area contributed by atoms with E-state index in [1.807, 2.05) is 24.4 Å². The monoisotopic (exact) mass is 382 g/mol. The summed E-state index contributed by atoms with van der Waals surface area (Å²) in [5.41, 5.74) is 3.50. The molecule has 0 aliphatic heterocycles. The fraction of sp³-hybridized carbons (Fsp3) is 0.211. The molecule has 1 aliphatic carbocycles. The van der Waals surface area contributed by atoms with Crippen molar-refractivity contribution in [2.75, 3.05) is 0 Å². The Morgan fingerprint density at radius 2 is 1.61 bits per heavy atom. The second-order valence-corrected chi connectivity index (χ2v) is 6.99. The van der Waals surface area contributed by atoms with Crippen molar-refractivity contribution in [3.63, 3.8) is 0 Å². The van der Waals surface area contributed by atoms with Crippen LogP contribution in [0.1, 0.15) is 25.1 Å². The SMILES string of the molecule is CC(C)(c1ccccn1)[C]1([Cr+2])C=CC(c2ccccc2)=C1.[Cl-].[Cl-]. The molecule has 23 heavy (non-hydrogen) atoms. The summed E-state index contributed by atoms with van der Waals surface area (Å²) < 4.78 is -0.160. The molecule has 0 fully saturated rings. The van der Waals surface area contributed by atoms with Crippen LogP contribution in [0.5, 0.6) is 0 Å². The minimum absolute atomic E-state index is 0. The second kappa shape index (κ2) is 7.69. The molecule has 0 saturated heterocycles. The van der Waals surface area contributed by atoms with Crippen molar-refractivity contribution in [1.82, 2.24) is 4.98 Å². The van der Waals surface area contributed by atoms with Crippen molar-refractivity contribution in [2.24, 2.45) is 0 Å². The molecule has 1 nitrogen and oxygen atoms in total. The van der Waals surface area contributed by atoms with E-state index in [0.29, 0.717) is 0 Å². The minimum Gasteiger partial charge on any atom is -1.00 e. The van der Waals surface area contributed by atoms with Gasteiger partial charge in [0.2, 0.25) is 0 Å². The van der Waals surface area contributed by atoms with Gasteiger partial charge in [0.25, 0.3) is 0 Å². The van der Waals surface area contributed by atoms with E-state index in [4.69, 9.17) is 0 Å². The third kappa shape index (κ3) is 3.73. The Bertz CT molecular complexity index is 696. The van der Waals surface area contributed by atoms with Gasteiger partial charge in [0.05, 0.1) is 0 Å². The largest absolute Gasteiger partial charge is 1.00 e. The van der Waals surface area contributed by atoms with Gasteiger partial charge in [0.1, 0.15) is 0 Å². The average molecular weight is 383 g/mol. The minimum atomic E-state index is -0.160. The topological polar surface area (TPSA) is 12.9 Å². The van der Waals surface area contributed by atoms with Gasteiger partial charge in [-0.05, 0) is 0 Å². The molecule has 3 rings (SSSR count). The summed E-state index contributed by atoms with van der Waals surface area (Å²) in [6.45, 7) is 4.47. The smallest absolute Gasteiger partial charge is 1.00 e. The van der Waals surface area contributed by atoms with Crippen molar-refractivity contribution in [1.29, 1.82) is 0 Å². The molecule has 1 atom stereocenters. The van der Waals surface area contributed by atoms with Gasteiger partial charge in [-0.1, -0.05) is 0 Å². The Labute approximate surface area is 159 Å². The number of pyridine rings is 1. The van der Waals surface area contributed by atoms with Gasteiger partial charge in [0, 0.05) is 0 Å². The molecule has 0 radical (unpaired) electrons. The molecule has 1 aliphatic rings. The van der Waals surface area contributed by atoms with Crippen LogP contribution >= 0.6 is 0 Å². The van der Waals surface area contributed by atoms with Crippen molar-refractivity contribution in [2.45, 2.75) is 23.5 Å². The molecule has 1 aromatic heterocycles. The predicted octanol–water partition coefficient (Wildman–Crippen LogP) is -1.27. The van der Waals surface area contributed by atoms with E-state index in [9.17, 15) is 0 Å². The van der Waals surface area contributed by atoms with Crippen molar-refractivity contribution >= 4 is 5.57 Å². The first kappa shape index (κ1) is 20.0. The van der Waals surface area contributed by atoms with Gasteiger partial charge < -0.3 is 24.8 Å². The standard InChI is InChI=1S/C19H18N.2ClH.Cr/c1-19(2,18-10-6-7-13-20-18)17-12-11-16(14-17)15-8-4-3-5-9-15;;;/h3-14H,1-2H3;2*1H;/q;;;+2/p-2. The Kier molecular flexibility index (Phi) is 6.69. The summed E-state index contributed by atoms with van der Waals surface area (Å²) in [5, 5.41) is 0. The van der Waals surface area contributed by atoms with Crippen LogP contribution in [-0.2, 0) is 21.7 Å². The fourth-order valence-electron chi connectivity index (χ4n) is 2.67. The molecule has 1 heterocycles. The zero-order chi connectivity index (χ0) is 14.9. The zero-order valence-corrected chi connectivity index (χ0v) is 15.8. The van der Waals surface area contributed by atoms with E-state index in [0.717, 1.165) is 5.69 Å². The Morgan fingerprint density at radius 3 is 2.22 bits per heavy atom. The molecule has 4 heteroatoms. The molecular formula is C19H18Cl2CrN. The van der Waals surface area contributed by atoms with Crippen molar-refractivity contribution < 1.29 is 41.1 Å². The molecular weight excluding hydrogens is 365 g/mol. The number of hydrogen-bond donors (Lipinski definition) is 0. The van der Waals surface area contributed by atoms with Crippen LogP contribution in [0, 0.1) is 0 Å². The number of aromatic nitrogens is 1. The Balaban J connectivity index is 0.00000132. The first-order chi connectivity index (χ1) is 10.0. The van der Waals surface area contributed by atoms with Gasteiger partial charge >= 0.3 is 135 Å². The van der Waals surface area contributed by atoms with Crippen LogP contribution in [0.2, 0.25) is 4.28 Å². The van der Waals surface area contributed by atoms with E-state index in [-0.39, 0.29) is 34.5 Å². The fourth-order valence-corrected chi connectivity index (χ4v) is 3.14. The van der Waals surface area contributed by atoms with Crippen molar-refractivity contribution in [3.05, 3.63) is 84.2 Å². The maximum absolute atomic E-state index is 4.55. The first-order valence-corrected chi connectivity index (χ1v) is 7.76. The van der Waals surface area contributed by atoms with Crippen LogP contribution in [0.3, 0.4) is 0 Å². The summed E-state index contributed by atoms with van der Waals surface area (Å²) in [5.74, 6) is 0.